The van der Waals surface area contributed by atoms with Gasteiger partial charge in [-0.3, -0.25) is 9.59 Å². The minimum atomic E-state index is -0.327. The predicted molar refractivity (Wildman–Crippen MR) is 65.9 cm³/mol. The molecule has 1 fully saturated rings. The third-order valence-corrected chi connectivity index (χ3v) is 3.47. The Morgan fingerprint density at radius 1 is 1.35 bits per heavy atom. The van der Waals surface area contributed by atoms with Gasteiger partial charge in [-0.1, -0.05) is 6.92 Å². The summed E-state index contributed by atoms with van der Waals surface area (Å²) in [4.78, 5) is 22.4. The number of rotatable bonds is 5. The van der Waals surface area contributed by atoms with Gasteiger partial charge in [0.25, 0.3) is 0 Å². The van der Waals surface area contributed by atoms with E-state index in [1.165, 1.54) is 0 Å². The van der Waals surface area contributed by atoms with Gasteiger partial charge in [-0.15, -0.1) is 0 Å². The lowest BCUT2D eigenvalue weighted by Gasteiger charge is -2.31. The molecular formula is C12H23N3O2. The number of nitrogens with one attached hydrogen (secondary N) is 1. The van der Waals surface area contributed by atoms with E-state index in [0.29, 0.717) is 25.3 Å². The fraction of sp³-hybridized carbons (Fsp3) is 0.833. The third-order valence-electron chi connectivity index (χ3n) is 3.47. The molecule has 98 valence electrons. The summed E-state index contributed by atoms with van der Waals surface area (Å²) >= 11 is 0. The summed E-state index contributed by atoms with van der Waals surface area (Å²) in [6, 6.07) is 0.146. The van der Waals surface area contributed by atoms with Gasteiger partial charge in [0.1, 0.15) is 0 Å². The average Bonchev–Trinajstić information content (AvgIpc) is 2.27. The molecule has 0 saturated heterocycles. The van der Waals surface area contributed by atoms with Crippen molar-refractivity contribution in [2.24, 2.45) is 23.3 Å². The highest BCUT2D eigenvalue weighted by Crippen LogP contribution is 2.29. The second-order valence-electron chi connectivity index (χ2n) is 5.02. The molecule has 0 aromatic carbocycles. The molecule has 1 rings (SSSR count). The maximum atomic E-state index is 11.9. The van der Waals surface area contributed by atoms with Crippen LogP contribution in [-0.4, -0.2) is 24.4 Å². The van der Waals surface area contributed by atoms with Gasteiger partial charge in [0.15, 0.2) is 0 Å². The number of carbonyl (C=O) groups excluding carboxylic acids is 2. The number of nitrogens with two attached hydrogens (primary N) is 2. The molecule has 1 aliphatic rings. The summed E-state index contributed by atoms with van der Waals surface area (Å²) in [5, 5.41) is 2.86. The smallest absolute Gasteiger partial charge is 0.223 e. The van der Waals surface area contributed by atoms with Crippen LogP contribution in [0.4, 0.5) is 0 Å². The molecule has 0 aliphatic heterocycles. The first-order valence-corrected chi connectivity index (χ1v) is 6.32. The van der Waals surface area contributed by atoms with Crippen LogP contribution in [0.15, 0.2) is 0 Å². The molecule has 0 aromatic rings. The van der Waals surface area contributed by atoms with E-state index in [-0.39, 0.29) is 23.8 Å². The first-order chi connectivity index (χ1) is 8.00. The fourth-order valence-corrected chi connectivity index (χ4v) is 2.33. The Morgan fingerprint density at radius 2 is 2.06 bits per heavy atom. The highest BCUT2D eigenvalue weighted by Gasteiger charge is 2.30. The van der Waals surface area contributed by atoms with Crippen molar-refractivity contribution in [3.8, 4) is 0 Å². The molecule has 0 heterocycles. The Kier molecular flexibility index (Phi) is 5.41. The highest BCUT2D eigenvalue weighted by atomic mass is 16.2. The first-order valence-electron chi connectivity index (χ1n) is 6.32. The number of carbonyl (C=O) groups is 2. The number of hydrogen-bond acceptors (Lipinski definition) is 3. The Morgan fingerprint density at radius 3 is 2.71 bits per heavy atom. The van der Waals surface area contributed by atoms with Crippen LogP contribution in [0.1, 0.15) is 39.0 Å². The molecule has 0 bridgehead atoms. The van der Waals surface area contributed by atoms with E-state index in [1.807, 2.05) is 0 Å². The van der Waals surface area contributed by atoms with E-state index in [1.54, 1.807) is 0 Å². The molecule has 1 aliphatic carbocycles. The van der Waals surface area contributed by atoms with Crippen LogP contribution in [0.2, 0.25) is 0 Å². The molecule has 5 heteroatoms. The van der Waals surface area contributed by atoms with Gasteiger partial charge in [-0.25, -0.2) is 0 Å². The number of amides is 2. The van der Waals surface area contributed by atoms with Gasteiger partial charge >= 0.3 is 0 Å². The summed E-state index contributed by atoms with van der Waals surface area (Å²) in [5.74, 6) is 0.155. The molecule has 17 heavy (non-hydrogen) atoms. The van der Waals surface area contributed by atoms with Crippen molar-refractivity contribution in [1.82, 2.24) is 5.32 Å². The van der Waals surface area contributed by atoms with Crippen LogP contribution in [-0.2, 0) is 9.59 Å². The van der Waals surface area contributed by atoms with E-state index < -0.39 is 0 Å². The second kappa shape index (κ2) is 6.59. The van der Waals surface area contributed by atoms with Crippen molar-refractivity contribution in [3.05, 3.63) is 0 Å². The van der Waals surface area contributed by atoms with Gasteiger partial charge in [0.2, 0.25) is 11.8 Å². The van der Waals surface area contributed by atoms with E-state index in [4.69, 9.17) is 11.5 Å². The first kappa shape index (κ1) is 14.0. The molecule has 2 amide bonds. The minimum absolute atomic E-state index is 0.0207. The molecule has 5 N–H and O–H groups in total. The van der Waals surface area contributed by atoms with Crippen molar-refractivity contribution in [2.45, 2.75) is 45.1 Å². The summed E-state index contributed by atoms with van der Waals surface area (Å²) < 4.78 is 0. The summed E-state index contributed by atoms with van der Waals surface area (Å²) in [6.45, 7) is 2.61. The molecular weight excluding hydrogens is 218 g/mol. The normalized spacial score (nSPS) is 28.7. The van der Waals surface area contributed by atoms with Crippen LogP contribution in [0.25, 0.3) is 0 Å². The van der Waals surface area contributed by atoms with E-state index in [0.717, 1.165) is 19.3 Å². The molecule has 3 unspecified atom stereocenters. The summed E-state index contributed by atoms with van der Waals surface area (Å²) in [7, 11) is 0. The monoisotopic (exact) mass is 241 g/mol. The zero-order chi connectivity index (χ0) is 12.8. The van der Waals surface area contributed by atoms with Gasteiger partial charge in [0, 0.05) is 24.9 Å². The van der Waals surface area contributed by atoms with Crippen LogP contribution in [0, 0.1) is 11.8 Å². The van der Waals surface area contributed by atoms with E-state index >= 15 is 0 Å². The lowest BCUT2D eigenvalue weighted by Crippen LogP contribution is -2.41. The zero-order valence-corrected chi connectivity index (χ0v) is 10.4. The SMILES string of the molecule is CC1CCC(N)CC1C(=O)NCCCC(N)=O. The topological polar surface area (TPSA) is 98.2 Å². The third kappa shape index (κ3) is 4.73. The molecule has 0 radical (unpaired) electrons. The van der Waals surface area contributed by atoms with Crippen LogP contribution in [0.3, 0.4) is 0 Å². The maximum absolute atomic E-state index is 11.9. The van der Waals surface area contributed by atoms with Crippen molar-refractivity contribution >= 4 is 11.8 Å². The van der Waals surface area contributed by atoms with Crippen molar-refractivity contribution < 1.29 is 9.59 Å². The van der Waals surface area contributed by atoms with Crippen molar-refractivity contribution in [3.63, 3.8) is 0 Å². The standard InChI is InChI=1S/C12H23N3O2/c1-8-4-5-9(13)7-10(8)12(17)15-6-2-3-11(14)16/h8-10H,2-7,13H2,1H3,(H2,14,16)(H,15,17). The summed E-state index contributed by atoms with van der Waals surface area (Å²) in [6.07, 6.45) is 3.71. The fourth-order valence-electron chi connectivity index (χ4n) is 2.33. The number of hydrogen-bond donors (Lipinski definition) is 3. The Balaban J connectivity index is 2.28. The quantitative estimate of drug-likeness (QED) is 0.597. The van der Waals surface area contributed by atoms with Gasteiger partial charge < -0.3 is 16.8 Å². The Labute approximate surface area is 102 Å². The molecule has 0 spiro atoms. The Hall–Kier alpha value is -1.10. The molecule has 0 aromatic heterocycles. The molecule has 3 atom stereocenters. The number of primary amides is 1. The van der Waals surface area contributed by atoms with Crippen molar-refractivity contribution in [1.29, 1.82) is 0 Å². The predicted octanol–water partition coefficient (Wildman–Crippen LogP) is 0.132. The van der Waals surface area contributed by atoms with E-state index in [9.17, 15) is 9.59 Å². The average molecular weight is 241 g/mol. The minimum Gasteiger partial charge on any atom is -0.370 e. The van der Waals surface area contributed by atoms with Gasteiger partial charge in [-0.05, 0) is 31.6 Å². The largest absolute Gasteiger partial charge is 0.370 e. The van der Waals surface area contributed by atoms with Gasteiger partial charge in [-0.2, -0.15) is 0 Å². The lowest BCUT2D eigenvalue weighted by molar-refractivity contribution is -0.128. The zero-order valence-electron chi connectivity index (χ0n) is 10.4. The van der Waals surface area contributed by atoms with Gasteiger partial charge in [0.05, 0.1) is 0 Å². The molecule has 1 saturated carbocycles. The lowest BCUT2D eigenvalue weighted by atomic mass is 9.78. The maximum Gasteiger partial charge on any atom is 0.223 e. The molecule has 5 nitrogen and oxygen atoms in total. The van der Waals surface area contributed by atoms with E-state index in [2.05, 4.69) is 12.2 Å². The highest BCUT2D eigenvalue weighted by molar-refractivity contribution is 5.79. The van der Waals surface area contributed by atoms with Crippen molar-refractivity contribution in [2.75, 3.05) is 6.54 Å². The summed E-state index contributed by atoms with van der Waals surface area (Å²) in [5.41, 5.74) is 10.9. The Bertz CT molecular complexity index is 281. The van der Waals surface area contributed by atoms with Crippen LogP contribution >= 0.6 is 0 Å². The van der Waals surface area contributed by atoms with Crippen LogP contribution < -0.4 is 16.8 Å². The second-order valence-corrected chi connectivity index (χ2v) is 5.02. The van der Waals surface area contributed by atoms with Crippen LogP contribution in [0.5, 0.6) is 0 Å².